The Morgan fingerprint density at radius 2 is 0.718 bits per heavy atom. The lowest BCUT2D eigenvalue weighted by molar-refractivity contribution is 1.14. The van der Waals surface area contributed by atoms with Gasteiger partial charge < -0.3 is 0 Å². The van der Waals surface area contributed by atoms with Crippen molar-refractivity contribution in [2.24, 2.45) is 0 Å². The van der Waals surface area contributed by atoms with E-state index in [9.17, 15) is 0 Å². The average molecular weight is 501 g/mol. The Labute approximate surface area is 232 Å². The second-order valence-corrected chi connectivity index (χ2v) is 10.4. The summed E-state index contributed by atoms with van der Waals surface area (Å²) in [5.74, 6) is 0. The molecule has 0 saturated heterocycles. The van der Waals surface area contributed by atoms with Gasteiger partial charge in [-0.3, -0.25) is 0 Å². The maximum atomic E-state index is 2.39. The Kier molecular flexibility index (Phi) is 7.19. The molecule has 0 aliphatic heterocycles. The zero-order chi connectivity index (χ0) is 26.4. The van der Waals surface area contributed by atoms with Crippen molar-refractivity contribution in [3.05, 3.63) is 179 Å². The summed E-state index contributed by atoms with van der Waals surface area (Å²) in [6.45, 7) is 2.20. The largest absolute Gasteiger partial charge is 0.0622 e. The standard InChI is InChI=1S/C39H32/c1-29-20-31(26-38(21-29)35-15-7-3-8-16-35)23-33-24-32(27-39(28-33)36-17-9-4-10-18-36)22-30-12-11-19-37(25-30)34-13-5-2-6-14-34/h2-21,24-28H,22-23H2,1H3. The molecule has 0 bridgehead atoms. The maximum Gasteiger partial charge on any atom is -0.00251 e. The van der Waals surface area contributed by atoms with Crippen molar-refractivity contribution < 1.29 is 0 Å². The van der Waals surface area contributed by atoms with Crippen LogP contribution in [-0.2, 0) is 12.8 Å². The Morgan fingerprint density at radius 3 is 1.28 bits per heavy atom. The van der Waals surface area contributed by atoms with E-state index in [0.717, 1.165) is 12.8 Å². The highest BCUT2D eigenvalue weighted by Crippen LogP contribution is 2.28. The molecular weight excluding hydrogens is 468 g/mol. The molecule has 6 aromatic carbocycles. The van der Waals surface area contributed by atoms with Crippen LogP contribution in [0, 0.1) is 6.92 Å². The molecule has 0 aromatic heterocycles. The van der Waals surface area contributed by atoms with E-state index in [1.54, 1.807) is 0 Å². The Bertz CT molecular complexity index is 1680. The van der Waals surface area contributed by atoms with Gasteiger partial charge >= 0.3 is 0 Å². The van der Waals surface area contributed by atoms with E-state index in [2.05, 4.69) is 159 Å². The van der Waals surface area contributed by atoms with Crippen LogP contribution in [-0.4, -0.2) is 0 Å². The van der Waals surface area contributed by atoms with Gasteiger partial charge in [-0.25, -0.2) is 0 Å². The third-order valence-corrected chi connectivity index (χ3v) is 7.25. The molecule has 39 heavy (non-hydrogen) atoms. The molecule has 188 valence electrons. The van der Waals surface area contributed by atoms with Crippen LogP contribution in [0.4, 0.5) is 0 Å². The van der Waals surface area contributed by atoms with Gasteiger partial charge in [0.2, 0.25) is 0 Å². The second-order valence-electron chi connectivity index (χ2n) is 10.4. The molecule has 0 aliphatic rings. The topological polar surface area (TPSA) is 0 Å². The molecule has 0 fully saturated rings. The lowest BCUT2D eigenvalue weighted by atomic mass is 9.92. The van der Waals surface area contributed by atoms with Gasteiger partial charge in [0.15, 0.2) is 0 Å². The Balaban J connectivity index is 1.36. The van der Waals surface area contributed by atoms with Gasteiger partial charge in [-0.1, -0.05) is 157 Å². The summed E-state index contributed by atoms with van der Waals surface area (Å²) >= 11 is 0. The van der Waals surface area contributed by atoms with E-state index in [1.807, 2.05) is 0 Å². The summed E-state index contributed by atoms with van der Waals surface area (Å²) in [7, 11) is 0. The predicted molar refractivity (Wildman–Crippen MR) is 166 cm³/mol. The van der Waals surface area contributed by atoms with Crippen molar-refractivity contribution in [3.8, 4) is 33.4 Å². The van der Waals surface area contributed by atoms with Crippen LogP contribution in [0.2, 0.25) is 0 Å². The molecule has 0 saturated carbocycles. The zero-order valence-electron chi connectivity index (χ0n) is 22.3. The lowest BCUT2D eigenvalue weighted by Crippen LogP contribution is -1.96. The fourth-order valence-corrected chi connectivity index (χ4v) is 5.49. The minimum atomic E-state index is 0.900. The van der Waals surface area contributed by atoms with Crippen molar-refractivity contribution in [2.75, 3.05) is 0 Å². The van der Waals surface area contributed by atoms with E-state index in [1.165, 1.54) is 61.2 Å². The van der Waals surface area contributed by atoms with Gasteiger partial charge in [0.1, 0.15) is 0 Å². The third-order valence-electron chi connectivity index (χ3n) is 7.25. The monoisotopic (exact) mass is 500 g/mol. The van der Waals surface area contributed by atoms with Crippen LogP contribution < -0.4 is 0 Å². The van der Waals surface area contributed by atoms with Crippen LogP contribution >= 0.6 is 0 Å². The van der Waals surface area contributed by atoms with Crippen molar-refractivity contribution >= 4 is 0 Å². The van der Waals surface area contributed by atoms with Crippen molar-refractivity contribution in [1.29, 1.82) is 0 Å². The van der Waals surface area contributed by atoms with Gasteiger partial charge in [-0.15, -0.1) is 0 Å². The molecule has 6 aromatic rings. The minimum absolute atomic E-state index is 0.900. The molecule has 0 amide bonds. The fourth-order valence-electron chi connectivity index (χ4n) is 5.49. The number of benzene rings is 6. The molecule has 0 heteroatoms. The molecule has 0 heterocycles. The van der Waals surface area contributed by atoms with Crippen LogP contribution in [0.5, 0.6) is 0 Å². The Morgan fingerprint density at radius 1 is 0.308 bits per heavy atom. The van der Waals surface area contributed by atoms with E-state index in [0.29, 0.717) is 0 Å². The van der Waals surface area contributed by atoms with Gasteiger partial charge in [0.25, 0.3) is 0 Å². The first-order valence-corrected chi connectivity index (χ1v) is 13.7. The van der Waals surface area contributed by atoms with Crippen molar-refractivity contribution in [3.63, 3.8) is 0 Å². The second kappa shape index (κ2) is 11.4. The highest BCUT2D eigenvalue weighted by molar-refractivity contribution is 5.68. The molecular formula is C39H32. The average Bonchev–Trinajstić information content (AvgIpc) is 2.98. The van der Waals surface area contributed by atoms with Crippen LogP contribution in [0.3, 0.4) is 0 Å². The van der Waals surface area contributed by atoms with E-state index < -0.39 is 0 Å². The predicted octanol–water partition coefficient (Wildman–Crippen LogP) is 10.2. The van der Waals surface area contributed by atoms with Crippen molar-refractivity contribution in [2.45, 2.75) is 19.8 Å². The third kappa shape index (κ3) is 6.08. The number of rotatable bonds is 7. The molecule has 0 nitrogen and oxygen atoms in total. The van der Waals surface area contributed by atoms with Crippen molar-refractivity contribution in [1.82, 2.24) is 0 Å². The number of aryl methyl sites for hydroxylation is 1. The highest BCUT2D eigenvalue weighted by atomic mass is 14.1. The normalized spacial score (nSPS) is 10.9. The molecule has 0 spiro atoms. The zero-order valence-corrected chi connectivity index (χ0v) is 22.3. The molecule has 0 atom stereocenters. The Hall–Kier alpha value is -4.68. The molecule has 0 unspecified atom stereocenters. The first kappa shape index (κ1) is 24.6. The highest BCUT2D eigenvalue weighted by Gasteiger charge is 2.09. The molecule has 0 radical (unpaired) electrons. The first-order chi connectivity index (χ1) is 19.2. The van der Waals surface area contributed by atoms with Gasteiger partial charge in [0, 0.05) is 0 Å². The van der Waals surface area contributed by atoms with Crippen LogP contribution in [0.15, 0.2) is 152 Å². The van der Waals surface area contributed by atoms with Gasteiger partial charge in [-0.05, 0) is 75.4 Å². The fraction of sp³-hybridized carbons (Fsp3) is 0.0769. The maximum absolute atomic E-state index is 2.39. The summed E-state index contributed by atoms with van der Waals surface area (Å²) in [5.41, 5.74) is 14.2. The number of hydrogen-bond donors (Lipinski definition) is 0. The smallest absolute Gasteiger partial charge is 0.00251 e. The lowest BCUT2D eigenvalue weighted by Gasteiger charge is -2.13. The number of hydrogen-bond acceptors (Lipinski definition) is 0. The molecule has 0 aliphatic carbocycles. The summed E-state index contributed by atoms with van der Waals surface area (Å²) in [6.07, 6.45) is 1.80. The summed E-state index contributed by atoms with van der Waals surface area (Å²) in [5, 5.41) is 0. The summed E-state index contributed by atoms with van der Waals surface area (Å²) in [6, 6.07) is 55.1. The van der Waals surface area contributed by atoms with E-state index >= 15 is 0 Å². The molecule has 0 N–H and O–H groups in total. The summed E-state index contributed by atoms with van der Waals surface area (Å²) < 4.78 is 0. The minimum Gasteiger partial charge on any atom is -0.0622 e. The van der Waals surface area contributed by atoms with E-state index in [4.69, 9.17) is 0 Å². The first-order valence-electron chi connectivity index (χ1n) is 13.7. The van der Waals surface area contributed by atoms with Crippen LogP contribution in [0.25, 0.3) is 33.4 Å². The molecule has 6 rings (SSSR count). The summed E-state index contributed by atoms with van der Waals surface area (Å²) in [4.78, 5) is 0. The SMILES string of the molecule is Cc1cc(Cc2cc(Cc3cccc(-c4ccccc4)c3)cc(-c3ccccc3)c2)cc(-c2ccccc2)c1. The van der Waals surface area contributed by atoms with Gasteiger partial charge in [-0.2, -0.15) is 0 Å². The van der Waals surface area contributed by atoms with Gasteiger partial charge in [0.05, 0.1) is 0 Å². The van der Waals surface area contributed by atoms with E-state index in [-0.39, 0.29) is 0 Å². The quantitative estimate of drug-likeness (QED) is 0.204. The van der Waals surface area contributed by atoms with Crippen LogP contribution in [0.1, 0.15) is 27.8 Å².